The Labute approximate surface area is 135 Å². The maximum absolute atomic E-state index is 13.3. The van der Waals surface area contributed by atoms with Gasteiger partial charge in [0, 0.05) is 20.7 Å². The minimum absolute atomic E-state index is 0.00391. The zero-order chi connectivity index (χ0) is 17.2. The van der Waals surface area contributed by atoms with Crippen LogP contribution in [0.25, 0.3) is 0 Å². The van der Waals surface area contributed by atoms with E-state index in [2.05, 4.69) is 9.82 Å². The Kier molecular flexibility index (Phi) is 5.18. The molecule has 8 heteroatoms. The summed E-state index contributed by atoms with van der Waals surface area (Å²) in [5.74, 6) is -0.397. The molecule has 0 aliphatic rings. The van der Waals surface area contributed by atoms with Crippen LogP contribution in [0.2, 0.25) is 0 Å². The van der Waals surface area contributed by atoms with Crippen molar-refractivity contribution in [2.24, 2.45) is 7.05 Å². The number of benzene rings is 1. The van der Waals surface area contributed by atoms with E-state index in [1.807, 2.05) is 0 Å². The monoisotopic (exact) mass is 341 g/mol. The number of methoxy groups -OCH3 is 1. The fourth-order valence-electron chi connectivity index (χ4n) is 2.44. The van der Waals surface area contributed by atoms with Crippen molar-refractivity contribution in [1.29, 1.82) is 0 Å². The second-order valence-electron chi connectivity index (χ2n) is 5.25. The lowest BCUT2D eigenvalue weighted by Gasteiger charge is -2.17. The summed E-state index contributed by atoms with van der Waals surface area (Å²) >= 11 is 0. The van der Waals surface area contributed by atoms with Crippen LogP contribution in [-0.2, 0) is 21.8 Å². The van der Waals surface area contributed by atoms with E-state index >= 15 is 0 Å². The molecule has 0 bridgehead atoms. The smallest absolute Gasteiger partial charge is 0.244 e. The number of aromatic nitrogens is 2. The molecule has 1 heterocycles. The Hall–Kier alpha value is -1.77. The van der Waals surface area contributed by atoms with E-state index in [0.717, 1.165) is 0 Å². The van der Waals surface area contributed by atoms with Crippen LogP contribution in [0.5, 0.6) is 0 Å². The van der Waals surface area contributed by atoms with Crippen molar-refractivity contribution < 1.29 is 17.5 Å². The van der Waals surface area contributed by atoms with E-state index in [1.165, 1.54) is 23.9 Å². The van der Waals surface area contributed by atoms with Crippen molar-refractivity contribution in [3.63, 3.8) is 0 Å². The van der Waals surface area contributed by atoms with Gasteiger partial charge in [0.2, 0.25) is 10.0 Å². The van der Waals surface area contributed by atoms with Crippen LogP contribution < -0.4 is 4.72 Å². The van der Waals surface area contributed by atoms with Gasteiger partial charge in [-0.2, -0.15) is 5.10 Å². The predicted octanol–water partition coefficient (Wildman–Crippen LogP) is 1.84. The summed E-state index contributed by atoms with van der Waals surface area (Å²) < 4.78 is 47.6. The van der Waals surface area contributed by atoms with Gasteiger partial charge in [-0.15, -0.1) is 0 Å². The Bertz CT molecular complexity index is 802. The Morgan fingerprint density at radius 1 is 1.39 bits per heavy atom. The maximum atomic E-state index is 13.3. The molecule has 6 nitrogen and oxygen atoms in total. The second kappa shape index (κ2) is 6.77. The summed E-state index contributed by atoms with van der Waals surface area (Å²) in [5, 5.41) is 4.11. The fourth-order valence-corrected chi connectivity index (χ4v) is 3.91. The lowest BCUT2D eigenvalue weighted by atomic mass is 10.1. The molecular weight excluding hydrogens is 321 g/mol. The van der Waals surface area contributed by atoms with Gasteiger partial charge < -0.3 is 4.74 Å². The summed E-state index contributed by atoms with van der Waals surface area (Å²) in [6, 6.07) is 5.89. The average molecular weight is 341 g/mol. The summed E-state index contributed by atoms with van der Waals surface area (Å²) in [6.45, 7) is 3.33. The molecular formula is C15H20FN3O3S. The number of nitrogens with zero attached hydrogens (tertiary/aromatic N) is 2. The van der Waals surface area contributed by atoms with Crippen LogP contribution in [-0.4, -0.2) is 31.9 Å². The molecule has 0 amide bonds. The molecule has 126 valence electrons. The maximum Gasteiger partial charge on any atom is 0.244 e. The molecule has 1 N–H and O–H groups in total. The van der Waals surface area contributed by atoms with Crippen LogP contribution in [0, 0.1) is 19.7 Å². The number of sulfonamides is 1. The number of nitrogens with one attached hydrogen (secondary N) is 1. The van der Waals surface area contributed by atoms with Gasteiger partial charge in [0.1, 0.15) is 10.7 Å². The van der Waals surface area contributed by atoms with Crippen LogP contribution in [0.3, 0.4) is 0 Å². The van der Waals surface area contributed by atoms with Gasteiger partial charge in [-0.25, -0.2) is 17.5 Å². The standard InChI is InChI=1S/C15H20FN3O3S/c1-10-15(11(2)19(3)18-10)23(20,21)17-9-14(22-4)12-6-5-7-13(16)8-12/h5-8,14,17H,9H2,1-4H3/t14-/m0/s1. The van der Waals surface area contributed by atoms with Crippen molar-refractivity contribution in [1.82, 2.24) is 14.5 Å². The van der Waals surface area contributed by atoms with Crippen molar-refractivity contribution >= 4 is 10.0 Å². The number of ether oxygens (including phenoxy) is 1. The zero-order valence-corrected chi connectivity index (χ0v) is 14.3. The largest absolute Gasteiger partial charge is 0.375 e. The Balaban J connectivity index is 2.21. The third-order valence-electron chi connectivity index (χ3n) is 3.68. The van der Waals surface area contributed by atoms with E-state index in [4.69, 9.17) is 4.74 Å². The minimum Gasteiger partial charge on any atom is -0.375 e. The highest BCUT2D eigenvalue weighted by molar-refractivity contribution is 7.89. The summed E-state index contributed by atoms with van der Waals surface area (Å²) in [6.07, 6.45) is -0.585. The van der Waals surface area contributed by atoms with Gasteiger partial charge in [-0.3, -0.25) is 4.68 Å². The number of hydrogen-bond donors (Lipinski definition) is 1. The molecule has 23 heavy (non-hydrogen) atoms. The van der Waals surface area contributed by atoms with Gasteiger partial charge in [0.25, 0.3) is 0 Å². The molecule has 0 aliphatic heterocycles. The first-order valence-corrected chi connectivity index (χ1v) is 8.52. The predicted molar refractivity (Wildman–Crippen MR) is 84.0 cm³/mol. The van der Waals surface area contributed by atoms with Gasteiger partial charge in [0.05, 0.1) is 17.5 Å². The fraction of sp³-hybridized carbons (Fsp3) is 0.400. The molecule has 0 radical (unpaired) electrons. The number of rotatable bonds is 6. The van der Waals surface area contributed by atoms with Crippen LogP contribution in [0.4, 0.5) is 4.39 Å². The van der Waals surface area contributed by atoms with E-state index < -0.39 is 21.9 Å². The summed E-state index contributed by atoms with van der Waals surface area (Å²) in [5.41, 5.74) is 1.54. The molecule has 0 saturated heterocycles. The van der Waals surface area contributed by atoms with Crippen LogP contribution in [0.15, 0.2) is 29.2 Å². The van der Waals surface area contributed by atoms with Gasteiger partial charge in [-0.1, -0.05) is 12.1 Å². The first-order valence-electron chi connectivity index (χ1n) is 7.04. The normalized spacial score (nSPS) is 13.3. The van der Waals surface area contributed by atoms with Crippen LogP contribution in [0.1, 0.15) is 23.1 Å². The minimum atomic E-state index is -3.73. The van der Waals surface area contributed by atoms with E-state index in [0.29, 0.717) is 17.0 Å². The number of halogens is 1. The second-order valence-corrected chi connectivity index (χ2v) is 6.96. The quantitative estimate of drug-likeness (QED) is 0.870. The first-order chi connectivity index (χ1) is 10.8. The highest BCUT2D eigenvalue weighted by Crippen LogP contribution is 2.21. The van der Waals surface area contributed by atoms with E-state index in [-0.39, 0.29) is 11.4 Å². The molecule has 2 rings (SSSR count). The zero-order valence-electron chi connectivity index (χ0n) is 13.5. The highest BCUT2D eigenvalue weighted by Gasteiger charge is 2.25. The number of aryl methyl sites for hydroxylation is 2. The topological polar surface area (TPSA) is 73.2 Å². The summed E-state index contributed by atoms with van der Waals surface area (Å²) in [7, 11) is -0.596. The van der Waals surface area contributed by atoms with Crippen molar-refractivity contribution in [3.05, 3.63) is 47.0 Å². The van der Waals surface area contributed by atoms with Gasteiger partial charge >= 0.3 is 0 Å². The van der Waals surface area contributed by atoms with Gasteiger partial charge in [-0.05, 0) is 31.5 Å². The molecule has 0 fully saturated rings. The lowest BCUT2D eigenvalue weighted by molar-refractivity contribution is 0.107. The van der Waals surface area contributed by atoms with E-state index in [1.54, 1.807) is 33.0 Å². The summed E-state index contributed by atoms with van der Waals surface area (Å²) in [4.78, 5) is 0.161. The molecule has 1 atom stereocenters. The number of hydrogen-bond acceptors (Lipinski definition) is 4. The SMILES string of the molecule is CO[C@@H](CNS(=O)(=O)c1c(C)nn(C)c1C)c1cccc(F)c1. The molecule has 0 unspecified atom stereocenters. The Morgan fingerprint density at radius 3 is 2.61 bits per heavy atom. The van der Waals surface area contributed by atoms with Crippen molar-refractivity contribution in [3.8, 4) is 0 Å². The molecule has 1 aromatic heterocycles. The van der Waals surface area contributed by atoms with Crippen molar-refractivity contribution in [2.45, 2.75) is 24.8 Å². The third kappa shape index (κ3) is 3.77. The lowest BCUT2D eigenvalue weighted by Crippen LogP contribution is -2.30. The molecule has 1 aromatic carbocycles. The molecule has 0 aliphatic carbocycles. The van der Waals surface area contributed by atoms with Gasteiger partial charge in [0.15, 0.2) is 0 Å². The Morgan fingerprint density at radius 2 is 2.09 bits per heavy atom. The van der Waals surface area contributed by atoms with Crippen molar-refractivity contribution in [2.75, 3.05) is 13.7 Å². The highest BCUT2D eigenvalue weighted by atomic mass is 32.2. The molecule has 2 aromatic rings. The van der Waals surface area contributed by atoms with Crippen LogP contribution >= 0.6 is 0 Å². The average Bonchev–Trinajstić information content (AvgIpc) is 2.73. The first kappa shape index (κ1) is 17.6. The third-order valence-corrected chi connectivity index (χ3v) is 5.35. The molecule has 0 spiro atoms. The molecule has 0 saturated carbocycles. The van der Waals surface area contributed by atoms with E-state index in [9.17, 15) is 12.8 Å².